The monoisotopic (exact) mass is 306 g/mol. The summed E-state index contributed by atoms with van der Waals surface area (Å²) in [6.07, 6.45) is -3.16. The molecule has 0 fully saturated rings. The Bertz CT molecular complexity index is 496. The van der Waals surface area contributed by atoms with Crippen LogP contribution in [-0.2, 0) is 11.3 Å². The molecule has 1 amide bonds. The molecule has 0 saturated heterocycles. The molecular formula is C13H21F3N4O. The van der Waals surface area contributed by atoms with Gasteiger partial charge in [-0.3, -0.25) is 9.48 Å². The van der Waals surface area contributed by atoms with Gasteiger partial charge in [-0.1, -0.05) is 13.3 Å². The van der Waals surface area contributed by atoms with E-state index in [9.17, 15) is 18.0 Å². The Hall–Kier alpha value is -1.73. The highest BCUT2D eigenvalue weighted by Crippen LogP contribution is 2.18. The molecule has 0 unspecified atom stereocenters. The lowest BCUT2D eigenvalue weighted by Gasteiger charge is -2.24. The maximum atomic E-state index is 12.5. The number of anilines is 1. The van der Waals surface area contributed by atoms with Gasteiger partial charge < -0.3 is 10.6 Å². The molecule has 0 atom stereocenters. The fourth-order valence-corrected chi connectivity index (χ4v) is 1.95. The number of hydrogen-bond donors (Lipinski definition) is 1. The van der Waals surface area contributed by atoms with Crippen molar-refractivity contribution < 1.29 is 18.0 Å². The van der Waals surface area contributed by atoms with Crippen LogP contribution in [0, 0.1) is 13.8 Å². The molecule has 1 rings (SSSR count). The Kier molecular flexibility index (Phi) is 5.62. The molecule has 0 saturated carbocycles. The minimum atomic E-state index is -4.41. The molecule has 0 aliphatic rings. The number of alkyl halides is 3. The van der Waals surface area contributed by atoms with Gasteiger partial charge in [-0.15, -0.1) is 0 Å². The van der Waals surface area contributed by atoms with Gasteiger partial charge in [0.1, 0.15) is 13.1 Å². The summed E-state index contributed by atoms with van der Waals surface area (Å²) in [4.78, 5) is 12.9. The first-order valence-corrected chi connectivity index (χ1v) is 6.79. The molecule has 21 heavy (non-hydrogen) atoms. The lowest BCUT2D eigenvalue weighted by molar-refractivity contribution is -0.161. The number of carbonyl (C=O) groups is 1. The van der Waals surface area contributed by atoms with Crippen molar-refractivity contribution in [1.82, 2.24) is 14.7 Å². The first-order chi connectivity index (χ1) is 9.65. The van der Waals surface area contributed by atoms with E-state index in [1.54, 1.807) is 13.8 Å². The summed E-state index contributed by atoms with van der Waals surface area (Å²) in [6, 6.07) is 0. The highest BCUT2D eigenvalue weighted by atomic mass is 19.4. The highest BCUT2D eigenvalue weighted by molar-refractivity contribution is 5.76. The van der Waals surface area contributed by atoms with Gasteiger partial charge >= 0.3 is 6.18 Å². The van der Waals surface area contributed by atoms with Crippen LogP contribution in [0.3, 0.4) is 0 Å². The smallest absolute Gasteiger partial charge is 0.396 e. The van der Waals surface area contributed by atoms with Crippen molar-refractivity contribution in [3.63, 3.8) is 0 Å². The zero-order valence-electron chi connectivity index (χ0n) is 12.5. The average Bonchev–Trinajstić information content (AvgIpc) is 2.61. The van der Waals surface area contributed by atoms with Gasteiger partial charge in [-0.05, 0) is 20.3 Å². The van der Waals surface area contributed by atoms with Crippen LogP contribution in [0.4, 0.5) is 18.9 Å². The van der Waals surface area contributed by atoms with Crippen molar-refractivity contribution in [2.24, 2.45) is 0 Å². The van der Waals surface area contributed by atoms with Crippen molar-refractivity contribution in [2.75, 3.05) is 18.8 Å². The van der Waals surface area contributed by atoms with Crippen molar-refractivity contribution in [3.05, 3.63) is 11.4 Å². The van der Waals surface area contributed by atoms with E-state index in [4.69, 9.17) is 5.73 Å². The molecule has 0 aliphatic carbocycles. The van der Waals surface area contributed by atoms with Crippen LogP contribution >= 0.6 is 0 Å². The van der Waals surface area contributed by atoms with Gasteiger partial charge in [0.05, 0.1) is 17.1 Å². The van der Waals surface area contributed by atoms with Gasteiger partial charge in [0, 0.05) is 6.54 Å². The fraction of sp³-hybridized carbons (Fsp3) is 0.692. The number of rotatable bonds is 6. The molecule has 1 aromatic heterocycles. The summed E-state index contributed by atoms with van der Waals surface area (Å²) >= 11 is 0. The Balaban J connectivity index is 2.82. The number of nitrogen functional groups attached to an aromatic ring is 1. The fourth-order valence-electron chi connectivity index (χ4n) is 1.95. The lowest BCUT2D eigenvalue weighted by Crippen LogP contribution is -2.41. The van der Waals surface area contributed by atoms with Crippen LogP contribution in [0.25, 0.3) is 0 Å². The molecule has 120 valence electrons. The molecule has 5 nitrogen and oxygen atoms in total. The third kappa shape index (κ3) is 4.95. The van der Waals surface area contributed by atoms with Crippen molar-refractivity contribution >= 4 is 11.6 Å². The zero-order chi connectivity index (χ0) is 16.2. The molecular weight excluding hydrogens is 285 g/mol. The van der Waals surface area contributed by atoms with Crippen molar-refractivity contribution in [2.45, 2.75) is 46.3 Å². The molecule has 0 spiro atoms. The number of hydrogen-bond acceptors (Lipinski definition) is 3. The Morgan fingerprint density at radius 2 is 2.00 bits per heavy atom. The minimum Gasteiger partial charge on any atom is -0.396 e. The Morgan fingerprint density at radius 1 is 1.38 bits per heavy atom. The summed E-state index contributed by atoms with van der Waals surface area (Å²) in [5, 5.41) is 4.07. The second-order valence-electron chi connectivity index (χ2n) is 5.03. The van der Waals surface area contributed by atoms with Gasteiger partial charge in [0.25, 0.3) is 0 Å². The third-order valence-electron chi connectivity index (χ3n) is 3.23. The molecule has 0 radical (unpaired) electrons. The van der Waals surface area contributed by atoms with Crippen LogP contribution in [0.2, 0.25) is 0 Å². The summed E-state index contributed by atoms with van der Waals surface area (Å²) < 4.78 is 39.0. The Morgan fingerprint density at radius 3 is 2.43 bits per heavy atom. The normalized spacial score (nSPS) is 11.7. The average molecular weight is 306 g/mol. The van der Waals surface area contributed by atoms with Gasteiger partial charge in [-0.2, -0.15) is 18.3 Å². The molecule has 1 aromatic rings. The second-order valence-corrected chi connectivity index (χ2v) is 5.03. The quantitative estimate of drug-likeness (QED) is 0.877. The number of amides is 1. The largest absolute Gasteiger partial charge is 0.406 e. The van der Waals surface area contributed by atoms with E-state index in [1.807, 2.05) is 6.92 Å². The first-order valence-electron chi connectivity index (χ1n) is 6.79. The molecule has 0 bridgehead atoms. The van der Waals surface area contributed by atoms with E-state index in [-0.39, 0.29) is 13.1 Å². The summed E-state index contributed by atoms with van der Waals surface area (Å²) in [5.41, 5.74) is 7.36. The van der Waals surface area contributed by atoms with Crippen LogP contribution in [0.15, 0.2) is 0 Å². The minimum absolute atomic E-state index is 0.0869. The summed E-state index contributed by atoms with van der Waals surface area (Å²) in [7, 11) is 0. The van der Waals surface area contributed by atoms with Crippen LogP contribution in [0.5, 0.6) is 0 Å². The number of aryl methyl sites for hydroxylation is 1. The Labute approximate surface area is 121 Å². The number of halogens is 3. The second kappa shape index (κ2) is 6.82. The van der Waals surface area contributed by atoms with E-state index < -0.39 is 18.6 Å². The van der Waals surface area contributed by atoms with E-state index in [0.29, 0.717) is 29.9 Å². The number of unbranched alkanes of at least 4 members (excludes halogenated alkanes) is 1. The van der Waals surface area contributed by atoms with Gasteiger partial charge in [-0.25, -0.2) is 0 Å². The lowest BCUT2D eigenvalue weighted by atomic mass is 10.3. The molecule has 0 aliphatic heterocycles. The maximum absolute atomic E-state index is 12.5. The maximum Gasteiger partial charge on any atom is 0.406 e. The van der Waals surface area contributed by atoms with Crippen LogP contribution in [0.1, 0.15) is 31.2 Å². The highest BCUT2D eigenvalue weighted by Gasteiger charge is 2.33. The molecule has 0 aromatic carbocycles. The van der Waals surface area contributed by atoms with E-state index in [2.05, 4.69) is 5.10 Å². The molecule has 1 heterocycles. The summed E-state index contributed by atoms with van der Waals surface area (Å²) in [6.45, 7) is 3.85. The standard InChI is InChI=1S/C13H21F3N4O/c1-4-5-6-19(8-13(14,15)16)11(21)7-20-10(3)12(17)9(2)18-20/h4-8,17H2,1-3H3. The van der Waals surface area contributed by atoms with Gasteiger partial charge in [0.2, 0.25) is 5.91 Å². The topological polar surface area (TPSA) is 64.2 Å². The van der Waals surface area contributed by atoms with E-state index in [0.717, 1.165) is 4.90 Å². The number of carbonyl (C=O) groups excluding carboxylic acids is 1. The van der Waals surface area contributed by atoms with E-state index in [1.165, 1.54) is 4.68 Å². The van der Waals surface area contributed by atoms with Crippen molar-refractivity contribution in [1.29, 1.82) is 0 Å². The molecule has 2 N–H and O–H groups in total. The van der Waals surface area contributed by atoms with Crippen LogP contribution in [-0.4, -0.2) is 39.9 Å². The SMILES string of the molecule is CCCCN(CC(F)(F)F)C(=O)Cn1nc(C)c(N)c1C. The number of nitrogens with zero attached hydrogens (tertiary/aromatic N) is 3. The van der Waals surface area contributed by atoms with E-state index >= 15 is 0 Å². The third-order valence-corrected chi connectivity index (χ3v) is 3.23. The summed E-state index contributed by atoms with van der Waals surface area (Å²) in [5.74, 6) is -0.605. The zero-order valence-corrected chi connectivity index (χ0v) is 12.5. The number of aromatic nitrogens is 2. The van der Waals surface area contributed by atoms with Gasteiger partial charge in [0.15, 0.2) is 0 Å². The number of nitrogens with two attached hydrogens (primary N) is 1. The molecule has 8 heteroatoms. The predicted molar refractivity (Wildman–Crippen MR) is 73.7 cm³/mol. The predicted octanol–water partition coefficient (Wildman–Crippen LogP) is 2.27. The first kappa shape index (κ1) is 17.3. The van der Waals surface area contributed by atoms with Crippen LogP contribution < -0.4 is 5.73 Å². The van der Waals surface area contributed by atoms with Crippen molar-refractivity contribution in [3.8, 4) is 0 Å².